The second-order valence-electron chi connectivity index (χ2n) is 4.68. The van der Waals surface area contributed by atoms with Gasteiger partial charge in [-0.2, -0.15) is 0 Å². The molecule has 0 aliphatic rings. The Morgan fingerprint density at radius 1 is 1.24 bits per heavy atom. The molecule has 1 unspecified atom stereocenters. The summed E-state index contributed by atoms with van der Waals surface area (Å²) in [7, 11) is -1.47. The number of carbonyl (C=O) groups is 1. The molecular formula is C15H15FN2O2S. The maximum absolute atomic E-state index is 13.2. The van der Waals surface area contributed by atoms with Crippen LogP contribution >= 0.6 is 0 Å². The van der Waals surface area contributed by atoms with Gasteiger partial charge in [0.1, 0.15) is 5.82 Å². The number of anilines is 1. The number of carbonyl (C=O) groups excluding carboxylic acids is 1. The van der Waals surface area contributed by atoms with E-state index in [1.54, 1.807) is 25.1 Å². The quantitative estimate of drug-likeness (QED) is 0.848. The Hall–Kier alpha value is -2.21. The fraction of sp³-hybridized carbons (Fsp3) is 0.133. The van der Waals surface area contributed by atoms with E-state index in [9.17, 15) is 13.4 Å². The zero-order chi connectivity index (χ0) is 15.6. The van der Waals surface area contributed by atoms with E-state index in [1.807, 2.05) is 0 Å². The summed E-state index contributed by atoms with van der Waals surface area (Å²) in [6.45, 7) is 1.80. The molecule has 1 atom stereocenters. The van der Waals surface area contributed by atoms with E-state index in [0.29, 0.717) is 11.3 Å². The minimum Gasteiger partial charge on any atom is -0.398 e. The highest BCUT2D eigenvalue weighted by Crippen LogP contribution is 2.22. The van der Waals surface area contributed by atoms with Crippen LogP contribution in [0.4, 0.5) is 10.1 Å². The second kappa shape index (κ2) is 6.05. The summed E-state index contributed by atoms with van der Waals surface area (Å²) in [4.78, 5) is 11.4. The Bertz CT molecular complexity index is 732. The molecule has 0 saturated heterocycles. The summed E-state index contributed by atoms with van der Waals surface area (Å²) in [6, 6.07) is 8.72. The van der Waals surface area contributed by atoms with Crippen LogP contribution in [0.1, 0.15) is 21.5 Å². The minimum atomic E-state index is -1.47. The van der Waals surface area contributed by atoms with E-state index >= 15 is 0 Å². The van der Waals surface area contributed by atoms with E-state index in [4.69, 9.17) is 11.5 Å². The minimum absolute atomic E-state index is 0.193. The predicted octanol–water partition coefficient (Wildman–Crippen LogP) is 2.12. The molecule has 0 aliphatic carbocycles. The largest absolute Gasteiger partial charge is 0.398 e. The summed E-state index contributed by atoms with van der Waals surface area (Å²) < 4.78 is 25.6. The fourth-order valence-electron chi connectivity index (χ4n) is 1.94. The van der Waals surface area contributed by atoms with Gasteiger partial charge in [0, 0.05) is 11.3 Å². The van der Waals surface area contributed by atoms with Crippen molar-refractivity contribution in [1.82, 2.24) is 0 Å². The topological polar surface area (TPSA) is 86.2 Å². The van der Waals surface area contributed by atoms with Crippen molar-refractivity contribution in [2.45, 2.75) is 17.6 Å². The third-order valence-electron chi connectivity index (χ3n) is 3.13. The van der Waals surface area contributed by atoms with Gasteiger partial charge < -0.3 is 11.5 Å². The zero-order valence-corrected chi connectivity index (χ0v) is 12.2. The lowest BCUT2D eigenvalue weighted by Crippen LogP contribution is -2.11. The van der Waals surface area contributed by atoms with Gasteiger partial charge in [0.15, 0.2) is 0 Å². The van der Waals surface area contributed by atoms with Crippen molar-refractivity contribution < 1.29 is 13.4 Å². The molecule has 0 saturated carbocycles. The van der Waals surface area contributed by atoms with E-state index in [1.165, 1.54) is 18.2 Å². The molecule has 2 aromatic rings. The van der Waals surface area contributed by atoms with Crippen LogP contribution in [-0.4, -0.2) is 10.1 Å². The van der Waals surface area contributed by atoms with Gasteiger partial charge in [-0.05, 0) is 48.4 Å². The molecule has 21 heavy (non-hydrogen) atoms. The van der Waals surface area contributed by atoms with Crippen molar-refractivity contribution >= 4 is 22.4 Å². The number of hydrogen-bond acceptors (Lipinski definition) is 3. The number of amides is 1. The first-order valence-corrected chi connectivity index (χ1v) is 7.53. The van der Waals surface area contributed by atoms with Gasteiger partial charge >= 0.3 is 0 Å². The van der Waals surface area contributed by atoms with Crippen LogP contribution in [0.15, 0.2) is 41.3 Å². The number of primary amides is 1. The van der Waals surface area contributed by atoms with Crippen LogP contribution in [0.3, 0.4) is 0 Å². The van der Waals surface area contributed by atoms with Gasteiger partial charge in [0.05, 0.1) is 21.4 Å². The number of benzene rings is 2. The van der Waals surface area contributed by atoms with Crippen LogP contribution in [0, 0.1) is 12.7 Å². The number of nitrogen functional groups attached to an aromatic ring is 1. The number of rotatable bonds is 4. The number of nitrogens with two attached hydrogens (primary N) is 2. The van der Waals surface area contributed by atoms with Crippen molar-refractivity contribution in [3.8, 4) is 0 Å². The van der Waals surface area contributed by atoms with Crippen LogP contribution in [0.25, 0.3) is 0 Å². The monoisotopic (exact) mass is 306 g/mol. The SMILES string of the molecule is Cc1cc(C(N)=O)ccc1CS(=O)c1cc(F)ccc1N. The normalized spacial score (nSPS) is 12.1. The summed E-state index contributed by atoms with van der Waals surface area (Å²) in [5.74, 6) is -0.799. The fourth-order valence-corrected chi connectivity index (χ4v) is 3.27. The maximum Gasteiger partial charge on any atom is 0.248 e. The Morgan fingerprint density at radius 3 is 2.57 bits per heavy atom. The van der Waals surface area contributed by atoms with Crippen molar-refractivity contribution in [3.05, 3.63) is 58.9 Å². The standard InChI is InChI=1S/C15H15FN2O2S/c1-9-6-10(15(18)19)2-3-11(9)8-21(20)14-7-12(16)4-5-13(14)17/h2-7H,8,17H2,1H3,(H2,18,19). The van der Waals surface area contributed by atoms with E-state index in [-0.39, 0.29) is 10.6 Å². The lowest BCUT2D eigenvalue weighted by molar-refractivity contribution is 0.1000. The van der Waals surface area contributed by atoms with Gasteiger partial charge in [-0.1, -0.05) is 6.07 Å². The highest BCUT2D eigenvalue weighted by Gasteiger charge is 2.12. The van der Waals surface area contributed by atoms with Gasteiger partial charge in [-0.3, -0.25) is 9.00 Å². The molecule has 0 heterocycles. The molecule has 0 fully saturated rings. The Balaban J connectivity index is 2.27. The molecule has 1 amide bonds. The summed E-state index contributed by atoms with van der Waals surface area (Å²) in [5.41, 5.74) is 13.2. The lowest BCUT2D eigenvalue weighted by atomic mass is 10.1. The summed E-state index contributed by atoms with van der Waals surface area (Å²) >= 11 is 0. The average Bonchev–Trinajstić information content (AvgIpc) is 2.43. The van der Waals surface area contributed by atoms with E-state index in [0.717, 1.165) is 11.1 Å². The third-order valence-corrected chi connectivity index (χ3v) is 4.55. The predicted molar refractivity (Wildman–Crippen MR) is 80.6 cm³/mol. The molecule has 2 rings (SSSR count). The molecule has 0 radical (unpaired) electrons. The molecule has 0 bridgehead atoms. The first-order valence-electron chi connectivity index (χ1n) is 6.21. The molecule has 6 heteroatoms. The van der Waals surface area contributed by atoms with E-state index in [2.05, 4.69) is 0 Å². The summed E-state index contributed by atoms with van der Waals surface area (Å²) in [6.07, 6.45) is 0. The van der Waals surface area contributed by atoms with Gasteiger partial charge in [-0.15, -0.1) is 0 Å². The first kappa shape index (κ1) is 15.2. The van der Waals surface area contributed by atoms with Crippen LogP contribution < -0.4 is 11.5 Å². The highest BCUT2D eigenvalue weighted by molar-refractivity contribution is 7.84. The van der Waals surface area contributed by atoms with Crippen molar-refractivity contribution in [1.29, 1.82) is 0 Å². The van der Waals surface area contributed by atoms with Crippen LogP contribution in [0.5, 0.6) is 0 Å². The molecule has 4 nitrogen and oxygen atoms in total. The van der Waals surface area contributed by atoms with Gasteiger partial charge in [-0.25, -0.2) is 4.39 Å². The van der Waals surface area contributed by atoms with Crippen LogP contribution in [-0.2, 0) is 16.6 Å². The van der Waals surface area contributed by atoms with Gasteiger partial charge in [0.2, 0.25) is 5.91 Å². The van der Waals surface area contributed by atoms with Crippen molar-refractivity contribution in [2.75, 3.05) is 5.73 Å². The molecule has 110 valence electrons. The average molecular weight is 306 g/mol. The van der Waals surface area contributed by atoms with Crippen LogP contribution in [0.2, 0.25) is 0 Å². The number of halogens is 1. The smallest absolute Gasteiger partial charge is 0.248 e. The molecule has 0 aliphatic heterocycles. The Morgan fingerprint density at radius 2 is 1.95 bits per heavy atom. The zero-order valence-electron chi connectivity index (χ0n) is 11.4. The molecule has 0 aromatic heterocycles. The highest BCUT2D eigenvalue weighted by atomic mass is 32.2. The Kier molecular flexibility index (Phi) is 4.37. The van der Waals surface area contributed by atoms with Crippen molar-refractivity contribution in [3.63, 3.8) is 0 Å². The third kappa shape index (κ3) is 3.46. The van der Waals surface area contributed by atoms with E-state index < -0.39 is 22.5 Å². The lowest BCUT2D eigenvalue weighted by Gasteiger charge is -2.09. The second-order valence-corrected chi connectivity index (χ2v) is 6.10. The maximum atomic E-state index is 13.2. The number of hydrogen-bond donors (Lipinski definition) is 2. The molecule has 0 spiro atoms. The molecular weight excluding hydrogens is 291 g/mol. The summed E-state index contributed by atoms with van der Waals surface area (Å²) in [5, 5.41) is 0. The Labute approximate surface area is 124 Å². The molecule has 4 N–H and O–H groups in total. The number of aryl methyl sites for hydroxylation is 1. The van der Waals surface area contributed by atoms with Gasteiger partial charge in [0.25, 0.3) is 0 Å². The van der Waals surface area contributed by atoms with Crippen molar-refractivity contribution in [2.24, 2.45) is 5.73 Å². The molecule has 2 aromatic carbocycles. The first-order chi connectivity index (χ1) is 9.88.